The van der Waals surface area contributed by atoms with Gasteiger partial charge in [0.05, 0.1) is 5.92 Å². The molecule has 0 unspecified atom stereocenters. The number of methoxy groups -OCH3 is 1. The molecule has 1 saturated heterocycles. The Morgan fingerprint density at radius 2 is 2.36 bits per heavy atom. The molecule has 1 aliphatic heterocycles. The molecule has 22 heavy (non-hydrogen) atoms. The molecule has 122 valence electrons. The van der Waals surface area contributed by atoms with Crippen LogP contribution in [0.3, 0.4) is 0 Å². The van der Waals surface area contributed by atoms with Gasteiger partial charge in [0.1, 0.15) is 6.61 Å². The lowest BCUT2D eigenvalue weighted by molar-refractivity contribution is -0.138. The monoisotopic (exact) mass is 310 g/mol. The number of nitrogens with one attached hydrogen (secondary N) is 1. The maximum atomic E-state index is 12.1. The van der Waals surface area contributed by atoms with Gasteiger partial charge in [0.15, 0.2) is 5.82 Å². The first-order valence-corrected chi connectivity index (χ1v) is 7.50. The van der Waals surface area contributed by atoms with E-state index in [1.165, 1.54) is 0 Å². The summed E-state index contributed by atoms with van der Waals surface area (Å²) in [6.45, 7) is 3.81. The highest BCUT2D eigenvalue weighted by Crippen LogP contribution is 2.17. The lowest BCUT2D eigenvalue weighted by atomic mass is 9.96. The summed E-state index contributed by atoms with van der Waals surface area (Å²) >= 11 is 0. The number of ether oxygens (including phenoxy) is 1. The minimum atomic E-state index is -0.135. The Morgan fingerprint density at radius 1 is 1.55 bits per heavy atom. The molecule has 2 heterocycles. The molecule has 2 amide bonds. The van der Waals surface area contributed by atoms with Crippen LogP contribution in [0.1, 0.15) is 31.5 Å². The van der Waals surface area contributed by atoms with E-state index >= 15 is 0 Å². The van der Waals surface area contributed by atoms with Crippen molar-refractivity contribution in [2.75, 3.05) is 26.7 Å². The van der Waals surface area contributed by atoms with Gasteiger partial charge in [-0.3, -0.25) is 9.59 Å². The number of piperidine rings is 1. The molecule has 8 nitrogen and oxygen atoms in total. The van der Waals surface area contributed by atoms with E-state index in [2.05, 4.69) is 15.5 Å². The highest BCUT2D eigenvalue weighted by atomic mass is 16.5. The first-order valence-electron chi connectivity index (χ1n) is 7.50. The van der Waals surface area contributed by atoms with Crippen LogP contribution >= 0.6 is 0 Å². The third kappa shape index (κ3) is 4.27. The molecule has 0 aliphatic carbocycles. The third-order valence-electron chi connectivity index (χ3n) is 3.67. The second-order valence-corrected chi connectivity index (χ2v) is 5.25. The summed E-state index contributed by atoms with van der Waals surface area (Å²) in [5.74, 6) is 0.935. The fourth-order valence-corrected chi connectivity index (χ4v) is 2.45. The van der Waals surface area contributed by atoms with Crippen LogP contribution in [-0.4, -0.2) is 53.6 Å². The molecule has 2 rings (SSSR count). The van der Waals surface area contributed by atoms with E-state index in [9.17, 15) is 9.59 Å². The van der Waals surface area contributed by atoms with Crippen LogP contribution in [0.4, 0.5) is 0 Å². The van der Waals surface area contributed by atoms with Crippen molar-refractivity contribution in [1.82, 2.24) is 20.4 Å². The molecule has 1 aliphatic rings. The van der Waals surface area contributed by atoms with Crippen molar-refractivity contribution < 1.29 is 18.8 Å². The van der Waals surface area contributed by atoms with Crippen LogP contribution in [0.15, 0.2) is 4.52 Å². The molecule has 1 fully saturated rings. The summed E-state index contributed by atoms with van der Waals surface area (Å²) in [5, 5.41) is 6.62. The summed E-state index contributed by atoms with van der Waals surface area (Å²) < 4.78 is 9.95. The average Bonchev–Trinajstić information content (AvgIpc) is 2.95. The molecule has 0 aromatic carbocycles. The van der Waals surface area contributed by atoms with Crippen LogP contribution in [0.2, 0.25) is 0 Å². The fraction of sp³-hybridized carbons (Fsp3) is 0.714. The van der Waals surface area contributed by atoms with Crippen molar-refractivity contribution in [2.45, 2.75) is 32.8 Å². The lowest BCUT2D eigenvalue weighted by Gasteiger charge is -2.30. The molecular weight excluding hydrogens is 288 g/mol. The molecule has 1 atom stereocenters. The number of nitrogens with zero attached hydrogens (tertiary/aromatic N) is 3. The zero-order valence-corrected chi connectivity index (χ0v) is 13.0. The van der Waals surface area contributed by atoms with Crippen LogP contribution < -0.4 is 5.32 Å². The number of rotatable bonds is 7. The molecule has 1 N–H and O–H groups in total. The second kappa shape index (κ2) is 7.88. The Balaban J connectivity index is 1.74. The van der Waals surface area contributed by atoms with E-state index in [0.717, 1.165) is 0 Å². The molecule has 8 heteroatoms. The highest BCUT2D eigenvalue weighted by molar-refractivity contribution is 5.83. The van der Waals surface area contributed by atoms with Gasteiger partial charge in [-0.2, -0.15) is 4.98 Å². The third-order valence-corrected chi connectivity index (χ3v) is 3.67. The van der Waals surface area contributed by atoms with E-state index in [-0.39, 0.29) is 17.7 Å². The van der Waals surface area contributed by atoms with Gasteiger partial charge in [0.25, 0.3) is 0 Å². The lowest BCUT2D eigenvalue weighted by Crippen LogP contribution is -2.45. The van der Waals surface area contributed by atoms with Crippen molar-refractivity contribution in [3.05, 3.63) is 11.7 Å². The van der Waals surface area contributed by atoms with Crippen LogP contribution in [-0.2, 0) is 27.4 Å². The molecule has 1 aromatic rings. The maximum Gasteiger partial charge on any atom is 0.228 e. The standard InChI is InChI=1S/C14H22N4O4/c1-3-18-8-10(4-5-13(18)19)14(20)15-7-6-12-16-11(9-21-2)17-22-12/h10H,3-9H2,1-2H3,(H,15,20)/t10-/m1/s1. The molecule has 0 bridgehead atoms. The van der Waals surface area contributed by atoms with Gasteiger partial charge in [0, 0.05) is 39.6 Å². The van der Waals surface area contributed by atoms with E-state index in [4.69, 9.17) is 9.26 Å². The smallest absolute Gasteiger partial charge is 0.228 e. The average molecular weight is 310 g/mol. The van der Waals surface area contributed by atoms with E-state index in [1.54, 1.807) is 12.0 Å². The molecule has 0 radical (unpaired) electrons. The Hall–Kier alpha value is -1.96. The van der Waals surface area contributed by atoms with Gasteiger partial charge < -0.3 is 19.5 Å². The first-order chi connectivity index (χ1) is 10.6. The summed E-state index contributed by atoms with van der Waals surface area (Å²) in [4.78, 5) is 29.6. The topological polar surface area (TPSA) is 97.6 Å². The molecule has 0 saturated carbocycles. The summed E-state index contributed by atoms with van der Waals surface area (Å²) in [5.41, 5.74) is 0. The van der Waals surface area contributed by atoms with Gasteiger partial charge in [-0.05, 0) is 13.3 Å². The van der Waals surface area contributed by atoms with E-state index in [0.29, 0.717) is 57.2 Å². The number of carbonyl (C=O) groups excluding carboxylic acids is 2. The highest BCUT2D eigenvalue weighted by Gasteiger charge is 2.29. The van der Waals surface area contributed by atoms with Gasteiger partial charge in [0.2, 0.25) is 17.7 Å². The molecule has 1 aromatic heterocycles. The number of aromatic nitrogens is 2. The maximum absolute atomic E-state index is 12.1. The Morgan fingerprint density at radius 3 is 3.09 bits per heavy atom. The van der Waals surface area contributed by atoms with Gasteiger partial charge in [-0.1, -0.05) is 5.16 Å². The summed E-state index contributed by atoms with van der Waals surface area (Å²) in [6.07, 6.45) is 1.53. The second-order valence-electron chi connectivity index (χ2n) is 5.25. The largest absolute Gasteiger partial charge is 0.377 e. The van der Waals surface area contributed by atoms with Crippen LogP contribution in [0.5, 0.6) is 0 Å². The van der Waals surface area contributed by atoms with E-state index < -0.39 is 0 Å². The van der Waals surface area contributed by atoms with Gasteiger partial charge >= 0.3 is 0 Å². The quantitative estimate of drug-likeness (QED) is 0.769. The summed E-state index contributed by atoms with van der Waals surface area (Å²) in [7, 11) is 1.56. The van der Waals surface area contributed by atoms with Crippen molar-refractivity contribution >= 4 is 11.8 Å². The number of amides is 2. The normalized spacial score (nSPS) is 18.5. The molecular formula is C14H22N4O4. The summed E-state index contributed by atoms with van der Waals surface area (Å²) in [6, 6.07) is 0. The minimum Gasteiger partial charge on any atom is -0.377 e. The van der Waals surface area contributed by atoms with E-state index in [1.807, 2.05) is 6.92 Å². The van der Waals surface area contributed by atoms with Crippen molar-refractivity contribution in [1.29, 1.82) is 0 Å². The van der Waals surface area contributed by atoms with Crippen molar-refractivity contribution in [3.8, 4) is 0 Å². The fourth-order valence-electron chi connectivity index (χ4n) is 2.45. The first kappa shape index (κ1) is 16.4. The van der Waals surface area contributed by atoms with Gasteiger partial charge in [-0.15, -0.1) is 0 Å². The van der Waals surface area contributed by atoms with Crippen molar-refractivity contribution in [3.63, 3.8) is 0 Å². The minimum absolute atomic E-state index is 0.0254. The van der Waals surface area contributed by atoms with Crippen LogP contribution in [0.25, 0.3) is 0 Å². The Bertz CT molecular complexity index is 517. The van der Waals surface area contributed by atoms with Gasteiger partial charge in [-0.25, -0.2) is 0 Å². The Kier molecular flexibility index (Phi) is 5.88. The predicted octanol–water partition coefficient (Wildman–Crippen LogP) is 0.133. The van der Waals surface area contributed by atoms with Crippen LogP contribution in [0, 0.1) is 5.92 Å². The van der Waals surface area contributed by atoms with Crippen molar-refractivity contribution in [2.24, 2.45) is 5.92 Å². The predicted molar refractivity (Wildman–Crippen MR) is 76.7 cm³/mol. The number of likely N-dealkylation sites (tertiary alicyclic amines) is 1. The SMILES string of the molecule is CCN1C[C@H](C(=O)NCCc2nc(COC)no2)CCC1=O. The zero-order valence-electron chi connectivity index (χ0n) is 13.0. The number of hydrogen-bond donors (Lipinski definition) is 1. The Labute approximate surface area is 129 Å². The number of carbonyl (C=O) groups is 2. The zero-order chi connectivity index (χ0) is 15.9. The molecule has 0 spiro atoms. The number of hydrogen-bond acceptors (Lipinski definition) is 6.